The minimum atomic E-state index is -1.39. The van der Waals surface area contributed by atoms with Crippen LogP contribution in [0, 0.1) is 17.8 Å². The highest BCUT2D eigenvalue weighted by molar-refractivity contribution is 9.09. The van der Waals surface area contributed by atoms with Gasteiger partial charge in [-0.15, -0.1) is 13.2 Å². The minimum absolute atomic E-state index is 0.132. The molecule has 1 spiro atoms. The fraction of sp³-hybridized carbons (Fsp3) is 0.474. The Labute approximate surface area is 306 Å². The van der Waals surface area contributed by atoms with Crippen LogP contribution in [0.3, 0.4) is 0 Å². The lowest BCUT2D eigenvalue weighted by atomic mass is 9.70. The molecule has 3 fully saturated rings. The van der Waals surface area contributed by atoms with Gasteiger partial charge in [0.1, 0.15) is 17.7 Å². The van der Waals surface area contributed by atoms with E-state index in [-0.39, 0.29) is 36.0 Å². The quantitative estimate of drug-likeness (QED) is 0.142. The summed E-state index contributed by atoms with van der Waals surface area (Å²) in [5.74, 6) is -4.10. The van der Waals surface area contributed by atoms with E-state index in [0.29, 0.717) is 22.7 Å². The van der Waals surface area contributed by atoms with Crippen LogP contribution in [0.5, 0.6) is 0 Å². The zero-order chi connectivity index (χ0) is 36.3. The Kier molecular flexibility index (Phi) is 11.9. The van der Waals surface area contributed by atoms with Crippen LogP contribution in [0.2, 0.25) is 5.02 Å². The Bertz CT molecular complexity index is 1590. The van der Waals surface area contributed by atoms with Gasteiger partial charge in [-0.1, -0.05) is 83.9 Å². The highest BCUT2D eigenvalue weighted by atomic mass is 79.9. The van der Waals surface area contributed by atoms with Crippen molar-refractivity contribution >= 4 is 56.9 Å². The number of amides is 3. The summed E-state index contributed by atoms with van der Waals surface area (Å²) in [6, 6.07) is 13.4. The first kappa shape index (κ1) is 37.7. The third-order valence-corrected chi connectivity index (χ3v) is 11.1. The van der Waals surface area contributed by atoms with E-state index in [4.69, 9.17) is 21.1 Å². The fourth-order valence-electron chi connectivity index (χ4n) is 7.75. The van der Waals surface area contributed by atoms with Gasteiger partial charge in [-0.3, -0.25) is 19.2 Å². The molecule has 3 aliphatic heterocycles. The largest absolute Gasteiger partial charge is 0.455 e. The molecule has 3 amide bonds. The van der Waals surface area contributed by atoms with Crippen LogP contribution in [0.4, 0.5) is 5.69 Å². The molecule has 3 saturated heterocycles. The second-order valence-corrected chi connectivity index (χ2v) is 15.2. The fourth-order valence-corrected chi connectivity index (χ4v) is 8.82. The first-order valence-electron chi connectivity index (χ1n) is 17.0. The number of rotatable bonds is 15. The summed E-state index contributed by atoms with van der Waals surface area (Å²) in [6.07, 6.45) is 2.62. The minimum Gasteiger partial charge on any atom is -0.455 e. The van der Waals surface area contributed by atoms with Crippen LogP contribution >= 0.6 is 27.5 Å². The summed E-state index contributed by atoms with van der Waals surface area (Å²) in [7, 11) is 0. The van der Waals surface area contributed by atoms with E-state index in [2.05, 4.69) is 34.4 Å². The number of halogens is 2. The Balaban J connectivity index is 1.54. The summed E-state index contributed by atoms with van der Waals surface area (Å²) < 4.78 is 13.0. The summed E-state index contributed by atoms with van der Waals surface area (Å²) in [4.78, 5) is 59.4. The third-order valence-electron chi connectivity index (χ3n) is 10.1. The number of carbonyl (C=O) groups excluding carboxylic acids is 4. The smallest absolute Gasteiger partial charge is 0.313 e. The number of hydrogen-bond donors (Lipinski definition) is 2. The van der Waals surface area contributed by atoms with Crippen LogP contribution in [-0.4, -0.2) is 81.5 Å². The zero-order valence-corrected chi connectivity index (χ0v) is 30.9. The summed E-state index contributed by atoms with van der Waals surface area (Å²) in [5.41, 5.74) is -0.176. The topological polar surface area (TPSA) is 125 Å². The lowest BCUT2D eigenvalue weighted by Gasteiger charge is -2.40. The molecule has 2 N–H and O–H groups in total. The molecule has 2 aromatic rings. The normalized spacial score (nSPS) is 27.0. The first-order valence-corrected chi connectivity index (χ1v) is 18.3. The standard InChI is InChI=1S/C38H45BrClN3O7/c1-6-8-14-29(45)41-23(5)32(24-12-10-9-11-13-24)49-37(48)30-31-35(46)43(28(21-44)22(3)4)34(38(31)20-27(39)33(30)50-38)36(47)42(19-7-2)26-17-15-25(40)16-18-26/h6-7,9-13,15-18,22-23,27-28,30-34,44H,1-2,8,14,19-21H2,3-5H3,(H,41,45)/t23-,27?,28+,30-,31+,32-,33-,34-,38+/m1/s1. The van der Waals surface area contributed by atoms with Gasteiger partial charge >= 0.3 is 5.97 Å². The third kappa shape index (κ3) is 7.02. The number of fused-ring (bicyclic) bond motifs is 1. The molecule has 5 rings (SSSR count). The SMILES string of the molecule is C=CCCC(=O)N[C@H](C)[C@@H](OC(=O)[C@H]1[C@@H]2O[C@@]3(CC2Br)[C@@H]1C(=O)N([C@@H](CO)C(C)C)[C@@H]3C(=O)N(CC=C)c1ccc(Cl)cc1)c1ccccc1. The van der Waals surface area contributed by atoms with Crippen molar-refractivity contribution in [1.29, 1.82) is 0 Å². The number of aliphatic hydroxyl groups excluding tert-OH is 1. The lowest BCUT2D eigenvalue weighted by molar-refractivity contribution is -0.162. The Hall–Kier alpha value is -3.51. The number of alkyl halides is 1. The summed E-state index contributed by atoms with van der Waals surface area (Å²) in [6.45, 7) is 12.8. The molecule has 9 atom stereocenters. The second-order valence-electron chi connectivity index (χ2n) is 13.6. The molecule has 0 radical (unpaired) electrons. The molecule has 10 nitrogen and oxygen atoms in total. The number of likely N-dealkylation sites (tertiary alicyclic amines) is 1. The van der Waals surface area contributed by atoms with Crippen LogP contribution in [0.25, 0.3) is 0 Å². The average Bonchev–Trinajstić information content (AvgIpc) is 3.69. The first-order chi connectivity index (χ1) is 23.9. The number of ether oxygens (including phenoxy) is 2. The van der Waals surface area contributed by atoms with Crippen molar-refractivity contribution in [3.63, 3.8) is 0 Å². The molecule has 0 aromatic heterocycles. The zero-order valence-electron chi connectivity index (χ0n) is 28.5. The highest BCUT2D eigenvalue weighted by Crippen LogP contribution is 2.61. The molecule has 12 heteroatoms. The van der Waals surface area contributed by atoms with Gasteiger partial charge in [0, 0.05) is 28.5 Å². The van der Waals surface area contributed by atoms with Crippen LogP contribution in [0.1, 0.15) is 51.7 Å². The second kappa shape index (κ2) is 15.8. The van der Waals surface area contributed by atoms with Gasteiger partial charge in [-0.25, -0.2) is 0 Å². The number of allylic oxidation sites excluding steroid dienone is 1. The number of anilines is 1. The van der Waals surface area contributed by atoms with Crippen molar-refractivity contribution < 1.29 is 33.8 Å². The van der Waals surface area contributed by atoms with Gasteiger partial charge in [0.25, 0.3) is 5.91 Å². The Morgan fingerprint density at radius 3 is 2.42 bits per heavy atom. The van der Waals surface area contributed by atoms with E-state index in [1.807, 2.05) is 44.2 Å². The van der Waals surface area contributed by atoms with Gasteiger partial charge in [-0.2, -0.15) is 0 Å². The molecule has 0 saturated carbocycles. The van der Waals surface area contributed by atoms with Crippen LogP contribution < -0.4 is 10.2 Å². The maximum Gasteiger partial charge on any atom is 0.313 e. The van der Waals surface area contributed by atoms with E-state index in [9.17, 15) is 24.3 Å². The van der Waals surface area contributed by atoms with Crippen molar-refractivity contribution in [2.24, 2.45) is 17.8 Å². The van der Waals surface area contributed by atoms with E-state index in [0.717, 1.165) is 0 Å². The molecule has 50 heavy (non-hydrogen) atoms. The van der Waals surface area contributed by atoms with Crippen molar-refractivity contribution in [1.82, 2.24) is 10.2 Å². The van der Waals surface area contributed by atoms with Gasteiger partial charge < -0.3 is 29.7 Å². The van der Waals surface area contributed by atoms with Crippen molar-refractivity contribution in [2.45, 2.75) is 80.8 Å². The van der Waals surface area contributed by atoms with Gasteiger partial charge in [0.05, 0.1) is 36.6 Å². The molecular weight excluding hydrogens is 726 g/mol. The number of hydrogen-bond acceptors (Lipinski definition) is 7. The predicted octanol–water partition coefficient (Wildman–Crippen LogP) is 5.38. The van der Waals surface area contributed by atoms with E-state index < -0.39 is 72.2 Å². The van der Waals surface area contributed by atoms with Gasteiger partial charge in [0.2, 0.25) is 11.8 Å². The van der Waals surface area contributed by atoms with E-state index >= 15 is 0 Å². The number of benzene rings is 2. The molecule has 3 aliphatic rings. The van der Waals surface area contributed by atoms with Crippen LogP contribution in [0.15, 0.2) is 79.9 Å². The van der Waals surface area contributed by atoms with Crippen molar-refractivity contribution in [3.8, 4) is 0 Å². The number of aliphatic hydroxyl groups is 1. The number of carbonyl (C=O) groups is 4. The molecular formula is C38H45BrClN3O7. The summed E-state index contributed by atoms with van der Waals surface area (Å²) >= 11 is 9.88. The van der Waals surface area contributed by atoms with E-state index in [1.165, 1.54) is 9.80 Å². The van der Waals surface area contributed by atoms with Crippen LogP contribution in [-0.2, 0) is 28.7 Å². The highest BCUT2D eigenvalue weighted by Gasteiger charge is 2.77. The number of nitrogens with zero attached hydrogens (tertiary/aromatic N) is 2. The monoisotopic (exact) mass is 769 g/mol. The Morgan fingerprint density at radius 1 is 1.14 bits per heavy atom. The summed E-state index contributed by atoms with van der Waals surface area (Å²) in [5, 5.41) is 14.1. The molecule has 2 aromatic carbocycles. The van der Waals surface area contributed by atoms with Gasteiger partial charge in [0.15, 0.2) is 0 Å². The van der Waals surface area contributed by atoms with Crippen molar-refractivity contribution in [3.05, 3.63) is 90.5 Å². The van der Waals surface area contributed by atoms with E-state index in [1.54, 1.807) is 43.3 Å². The number of esters is 1. The van der Waals surface area contributed by atoms with Gasteiger partial charge in [-0.05, 0) is 55.5 Å². The Morgan fingerprint density at radius 2 is 1.82 bits per heavy atom. The molecule has 3 heterocycles. The molecule has 2 bridgehead atoms. The molecule has 268 valence electrons. The maximum atomic E-state index is 14.9. The predicted molar refractivity (Wildman–Crippen MR) is 195 cm³/mol. The number of nitrogens with one attached hydrogen (secondary N) is 1. The molecule has 1 unspecified atom stereocenters. The van der Waals surface area contributed by atoms with Crippen molar-refractivity contribution in [2.75, 3.05) is 18.1 Å². The average molecular weight is 771 g/mol. The molecule has 0 aliphatic carbocycles. The lowest BCUT2D eigenvalue weighted by Crippen LogP contribution is -2.60. The maximum absolute atomic E-state index is 14.9.